The number of rotatable bonds is 9. The van der Waals surface area contributed by atoms with Gasteiger partial charge in [0.1, 0.15) is 0 Å². The summed E-state index contributed by atoms with van der Waals surface area (Å²) in [7, 11) is 0. The highest BCUT2D eigenvalue weighted by Crippen LogP contribution is 2.36. The van der Waals surface area contributed by atoms with E-state index in [0.29, 0.717) is 22.7 Å². The SMILES string of the molecule is CCCCCCC(CC(O)CC(C)C(C)(C)C)C(C)(C)C. The minimum absolute atomic E-state index is 0.144. The second-order valence-corrected chi connectivity index (χ2v) is 9.30. The summed E-state index contributed by atoms with van der Waals surface area (Å²) in [5.74, 6) is 1.20. The van der Waals surface area contributed by atoms with Crippen LogP contribution in [-0.4, -0.2) is 11.2 Å². The van der Waals surface area contributed by atoms with E-state index in [1.807, 2.05) is 0 Å². The topological polar surface area (TPSA) is 20.2 Å². The van der Waals surface area contributed by atoms with E-state index >= 15 is 0 Å². The fourth-order valence-electron chi connectivity index (χ4n) is 2.91. The Morgan fingerprint density at radius 1 is 0.810 bits per heavy atom. The van der Waals surface area contributed by atoms with Gasteiger partial charge in [0.05, 0.1) is 6.10 Å². The van der Waals surface area contributed by atoms with Gasteiger partial charge in [-0.25, -0.2) is 0 Å². The third kappa shape index (κ3) is 9.55. The van der Waals surface area contributed by atoms with Gasteiger partial charge in [-0.3, -0.25) is 0 Å². The molecule has 0 aromatic carbocycles. The van der Waals surface area contributed by atoms with Crippen molar-refractivity contribution >= 4 is 0 Å². The number of hydrogen-bond donors (Lipinski definition) is 1. The van der Waals surface area contributed by atoms with Gasteiger partial charge in [0.25, 0.3) is 0 Å². The van der Waals surface area contributed by atoms with Crippen LogP contribution in [0.15, 0.2) is 0 Å². The van der Waals surface area contributed by atoms with Crippen molar-refractivity contribution in [2.24, 2.45) is 22.7 Å². The van der Waals surface area contributed by atoms with Crippen LogP contribution in [0, 0.1) is 22.7 Å². The van der Waals surface area contributed by atoms with E-state index in [0.717, 1.165) is 12.8 Å². The first-order chi connectivity index (χ1) is 9.48. The lowest BCUT2D eigenvalue weighted by atomic mass is 9.72. The average molecular weight is 299 g/mol. The average Bonchev–Trinajstić information content (AvgIpc) is 2.30. The first-order valence-corrected chi connectivity index (χ1v) is 9.16. The molecule has 0 heterocycles. The molecule has 21 heavy (non-hydrogen) atoms. The molecule has 3 unspecified atom stereocenters. The Hall–Kier alpha value is -0.0400. The molecule has 0 aliphatic heterocycles. The van der Waals surface area contributed by atoms with Crippen LogP contribution in [-0.2, 0) is 0 Å². The van der Waals surface area contributed by atoms with Gasteiger partial charge < -0.3 is 5.11 Å². The van der Waals surface area contributed by atoms with Crippen LogP contribution >= 0.6 is 0 Å². The zero-order chi connectivity index (χ0) is 16.7. The molecule has 0 rings (SSSR count). The fraction of sp³-hybridized carbons (Fsp3) is 1.00. The molecule has 0 saturated heterocycles. The molecule has 0 amide bonds. The standard InChI is InChI=1S/C20H42O/c1-9-10-11-12-13-17(20(6,7)8)15-18(21)14-16(2)19(3,4)5/h16-18,21H,9-15H2,1-8H3. The molecule has 0 aromatic heterocycles. The Balaban J connectivity index is 4.39. The Bertz CT molecular complexity index is 256. The van der Waals surface area contributed by atoms with Gasteiger partial charge in [0.2, 0.25) is 0 Å². The predicted octanol–water partition coefficient (Wildman–Crippen LogP) is 6.44. The molecular formula is C20H42O. The Kier molecular flexibility index (Phi) is 9.16. The Morgan fingerprint density at radius 2 is 1.38 bits per heavy atom. The molecule has 0 fully saturated rings. The quantitative estimate of drug-likeness (QED) is 0.485. The largest absolute Gasteiger partial charge is 0.393 e. The van der Waals surface area contributed by atoms with Crippen LogP contribution in [0.5, 0.6) is 0 Å². The summed E-state index contributed by atoms with van der Waals surface area (Å²) >= 11 is 0. The summed E-state index contributed by atoms with van der Waals surface area (Å²) in [5, 5.41) is 10.5. The van der Waals surface area contributed by atoms with Gasteiger partial charge in [0.15, 0.2) is 0 Å². The molecule has 0 bridgehead atoms. The van der Waals surface area contributed by atoms with E-state index < -0.39 is 0 Å². The lowest BCUT2D eigenvalue weighted by Gasteiger charge is -2.35. The summed E-state index contributed by atoms with van der Waals surface area (Å²) in [5.41, 5.74) is 0.595. The highest BCUT2D eigenvalue weighted by atomic mass is 16.3. The molecule has 0 saturated carbocycles. The van der Waals surface area contributed by atoms with Crippen molar-refractivity contribution in [2.75, 3.05) is 0 Å². The van der Waals surface area contributed by atoms with Crippen LogP contribution in [0.2, 0.25) is 0 Å². The van der Waals surface area contributed by atoms with Crippen LogP contribution in [0.3, 0.4) is 0 Å². The molecule has 1 nitrogen and oxygen atoms in total. The van der Waals surface area contributed by atoms with E-state index in [1.165, 1.54) is 32.1 Å². The van der Waals surface area contributed by atoms with Gasteiger partial charge in [-0.2, -0.15) is 0 Å². The predicted molar refractivity (Wildman–Crippen MR) is 95.6 cm³/mol. The van der Waals surface area contributed by atoms with E-state index in [1.54, 1.807) is 0 Å². The lowest BCUT2D eigenvalue weighted by Crippen LogP contribution is -2.28. The maximum atomic E-state index is 10.5. The molecule has 128 valence electrons. The van der Waals surface area contributed by atoms with E-state index in [-0.39, 0.29) is 6.10 Å². The van der Waals surface area contributed by atoms with Crippen LogP contribution in [0.25, 0.3) is 0 Å². The Labute approximate surface area is 134 Å². The van der Waals surface area contributed by atoms with Crippen molar-refractivity contribution in [1.29, 1.82) is 0 Å². The maximum Gasteiger partial charge on any atom is 0.0545 e. The lowest BCUT2D eigenvalue weighted by molar-refractivity contribution is 0.0616. The molecule has 1 heteroatoms. The molecule has 0 radical (unpaired) electrons. The van der Waals surface area contributed by atoms with Crippen molar-refractivity contribution in [3.63, 3.8) is 0 Å². The van der Waals surface area contributed by atoms with Crippen molar-refractivity contribution in [2.45, 2.75) is 106 Å². The monoisotopic (exact) mass is 298 g/mol. The fourth-order valence-corrected chi connectivity index (χ4v) is 2.91. The highest BCUT2D eigenvalue weighted by Gasteiger charge is 2.29. The smallest absolute Gasteiger partial charge is 0.0545 e. The van der Waals surface area contributed by atoms with Gasteiger partial charge in [-0.1, -0.05) is 81.1 Å². The molecule has 0 aromatic rings. The van der Waals surface area contributed by atoms with Crippen molar-refractivity contribution in [3.8, 4) is 0 Å². The summed E-state index contributed by atoms with van der Waals surface area (Å²) in [6.07, 6.45) is 8.34. The minimum Gasteiger partial charge on any atom is -0.393 e. The second-order valence-electron chi connectivity index (χ2n) is 9.30. The molecule has 0 aliphatic carbocycles. The van der Waals surface area contributed by atoms with Crippen LogP contribution in [0.1, 0.15) is 100 Å². The van der Waals surface area contributed by atoms with E-state index in [2.05, 4.69) is 55.4 Å². The third-order valence-electron chi connectivity index (χ3n) is 5.29. The molecule has 0 spiro atoms. The van der Waals surface area contributed by atoms with Gasteiger partial charge >= 0.3 is 0 Å². The molecule has 0 aliphatic rings. The number of hydrogen-bond acceptors (Lipinski definition) is 1. The number of unbranched alkanes of at least 4 members (excludes halogenated alkanes) is 3. The number of aliphatic hydroxyl groups is 1. The summed E-state index contributed by atoms with van der Waals surface area (Å²) < 4.78 is 0. The first kappa shape index (κ1) is 21.0. The van der Waals surface area contributed by atoms with Crippen molar-refractivity contribution in [1.82, 2.24) is 0 Å². The molecule has 3 atom stereocenters. The van der Waals surface area contributed by atoms with Crippen molar-refractivity contribution < 1.29 is 5.11 Å². The highest BCUT2D eigenvalue weighted by molar-refractivity contribution is 4.80. The zero-order valence-electron chi connectivity index (χ0n) is 16.1. The first-order valence-electron chi connectivity index (χ1n) is 9.16. The third-order valence-corrected chi connectivity index (χ3v) is 5.29. The van der Waals surface area contributed by atoms with Crippen LogP contribution in [0.4, 0.5) is 0 Å². The molecular weight excluding hydrogens is 256 g/mol. The van der Waals surface area contributed by atoms with E-state index in [9.17, 15) is 5.11 Å². The second kappa shape index (κ2) is 9.18. The minimum atomic E-state index is -0.144. The van der Waals surface area contributed by atoms with Gasteiger partial charge in [-0.05, 0) is 41.9 Å². The van der Waals surface area contributed by atoms with Gasteiger partial charge in [0, 0.05) is 0 Å². The maximum absolute atomic E-state index is 10.5. The van der Waals surface area contributed by atoms with E-state index in [4.69, 9.17) is 0 Å². The summed E-state index contributed by atoms with van der Waals surface area (Å²) in [4.78, 5) is 0. The summed E-state index contributed by atoms with van der Waals surface area (Å²) in [6, 6.07) is 0. The summed E-state index contributed by atoms with van der Waals surface area (Å²) in [6.45, 7) is 18.4. The van der Waals surface area contributed by atoms with Gasteiger partial charge in [-0.15, -0.1) is 0 Å². The molecule has 1 N–H and O–H groups in total. The number of aliphatic hydroxyl groups excluding tert-OH is 1. The van der Waals surface area contributed by atoms with Crippen LogP contribution < -0.4 is 0 Å². The Morgan fingerprint density at radius 3 is 1.81 bits per heavy atom. The van der Waals surface area contributed by atoms with Crippen molar-refractivity contribution in [3.05, 3.63) is 0 Å². The normalized spacial score (nSPS) is 17.6. The zero-order valence-corrected chi connectivity index (χ0v) is 16.1.